The average molecular weight is 328 g/mol. The van der Waals surface area contributed by atoms with Crippen molar-refractivity contribution < 1.29 is 13.7 Å². The highest BCUT2D eigenvalue weighted by Crippen LogP contribution is 1.92. The molecule has 1 N–H and O–H groups in total. The van der Waals surface area contributed by atoms with Crippen LogP contribution in [-0.4, -0.2) is 26.8 Å². The van der Waals surface area contributed by atoms with Crippen molar-refractivity contribution in [3.05, 3.63) is 56.2 Å². The molecule has 0 unspecified atom stereocenters. The predicted octanol–water partition coefficient (Wildman–Crippen LogP) is -1.04. The fraction of sp³-hybridized carbons (Fsp3) is 0.471. The highest BCUT2D eigenvalue weighted by atomic mass is 15.2. The van der Waals surface area contributed by atoms with Gasteiger partial charge in [0.25, 0.3) is 0 Å². The van der Waals surface area contributed by atoms with Crippen molar-refractivity contribution in [1.29, 1.82) is 0 Å². The molecule has 24 heavy (non-hydrogen) atoms. The first-order valence-electron chi connectivity index (χ1n) is 8.70. The molecule has 0 atom stereocenters. The Morgan fingerprint density at radius 3 is 1.58 bits per heavy atom. The minimum absolute atomic E-state index is 0.990. The van der Waals surface area contributed by atoms with E-state index in [1.807, 2.05) is 0 Å². The van der Waals surface area contributed by atoms with Crippen molar-refractivity contribution in [1.82, 2.24) is 19.0 Å². The number of aryl methyl sites for hydroxylation is 4. The van der Waals surface area contributed by atoms with Crippen LogP contribution in [0.5, 0.6) is 0 Å². The highest BCUT2D eigenvalue weighted by molar-refractivity contribution is 4.70. The van der Waals surface area contributed by atoms with Gasteiger partial charge in [-0.2, -0.15) is 0 Å². The molecule has 4 rings (SSSR count). The summed E-state index contributed by atoms with van der Waals surface area (Å²) in [6, 6.07) is 0. The lowest BCUT2D eigenvalue weighted by Crippen LogP contribution is -2.41. The molecule has 0 aromatic carbocycles. The molecule has 1 aliphatic heterocycles. The van der Waals surface area contributed by atoms with Crippen LogP contribution in [0.3, 0.4) is 0 Å². The maximum absolute atomic E-state index is 3.52. The Balaban J connectivity index is 1.48. The third-order valence-electron chi connectivity index (χ3n) is 4.57. The molecule has 0 amide bonds. The molecule has 7 nitrogen and oxygen atoms in total. The Morgan fingerprint density at radius 2 is 1.04 bits per heavy atom. The Hall–Kier alpha value is -2.41. The van der Waals surface area contributed by atoms with Gasteiger partial charge in [0.05, 0.1) is 0 Å². The van der Waals surface area contributed by atoms with Crippen LogP contribution in [0.2, 0.25) is 0 Å². The normalized spacial score (nSPS) is 16.5. The molecule has 6 bridgehead atoms. The van der Waals surface area contributed by atoms with Gasteiger partial charge in [-0.05, 0) is 0 Å². The van der Waals surface area contributed by atoms with E-state index in [9.17, 15) is 0 Å². The average Bonchev–Trinajstić information content (AvgIpc) is 3.31. The molecule has 1 aliphatic rings. The summed E-state index contributed by atoms with van der Waals surface area (Å²) in [6.07, 6.45) is 19.5. The predicted molar refractivity (Wildman–Crippen MR) is 86.8 cm³/mol. The van der Waals surface area contributed by atoms with E-state index >= 15 is 0 Å². The van der Waals surface area contributed by atoms with Crippen LogP contribution >= 0.6 is 0 Å². The van der Waals surface area contributed by atoms with E-state index in [2.05, 4.69) is 88.9 Å². The van der Waals surface area contributed by atoms with Crippen LogP contribution in [0.1, 0.15) is 0 Å². The molecule has 0 fully saturated rings. The monoisotopic (exact) mass is 328 g/mol. The number of nitrogens with zero attached hydrogens (tertiary/aromatic N) is 6. The highest BCUT2D eigenvalue weighted by Gasteiger charge is 2.10. The molecular weight excluding hydrogens is 302 g/mol. The first kappa shape index (κ1) is 15.1. The number of aromatic nitrogens is 6. The molecule has 0 aliphatic carbocycles. The minimum Gasteiger partial charge on any atom is -0.309 e. The molecule has 4 heterocycles. The van der Waals surface area contributed by atoms with Crippen LogP contribution in [0.4, 0.5) is 0 Å². The summed E-state index contributed by atoms with van der Waals surface area (Å²) < 4.78 is 13.5. The van der Waals surface area contributed by atoms with Crippen molar-refractivity contribution in [2.24, 2.45) is 0 Å². The maximum atomic E-state index is 3.52. The Bertz CT molecular complexity index is 720. The summed E-state index contributed by atoms with van der Waals surface area (Å²) in [7, 11) is 0. The fourth-order valence-corrected chi connectivity index (χ4v) is 3.11. The van der Waals surface area contributed by atoms with Crippen LogP contribution in [0.15, 0.2) is 56.2 Å². The Kier molecular flexibility index (Phi) is 4.42. The lowest BCUT2D eigenvalue weighted by atomic mass is 10.5. The quantitative estimate of drug-likeness (QED) is 0.526. The van der Waals surface area contributed by atoms with Crippen LogP contribution < -0.4 is 19.0 Å². The third-order valence-corrected chi connectivity index (χ3v) is 4.57. The second-order valence-electron chi connectivity index (χ2n) is 6.42. The van der Waals surface area contributed by atoms with Crippen molar-refractivity contribution in [2.45, 2.75) is 39.3 Å². The molecule has 3 aromatic heterocycles. The van der Waals surface area contributed by atoms with Crippen LogP contribution in [0.25, 0.3) is 0 Å². The largest absolute Gasteiger partial charge is 0.309 e. The summed E-state index contributed by atoms with van der Waals surface area (Å²) in [5.41, 5.74) is 0. The molecule has 126 valence electrons. The Labute approximate surface area is 142 Å². The van der Waals surface area contributed by atoms with Crippen LogP contribution in [-0.2, 0) is 39.3 Å². The van der Waals surface area contributed by atoms with Gasteiger partial charge >= 0.3 is 0 Å². The number of hydrogen-bond acceptors (Lipinski definition) is 1. The summed E-state index contributed by atoms with van der Waals surface area (Å²) in [6.45, 7) is 7.96. The molecule has 0 radical (unpaired) electrons. The third kappa shape index (κ3) is 3.73. The minimum atomic E-state index is 0.990. The van der Waals surface area contributed by atoms with Crippen molar-refractivity contribution in [3.63, 3.8) is 0 Å². The molecule has 0 saturated carbocycles. The van der Waals surface area contributed by atoms with Crippen molar-refractivity contribution >= 4 is 0 Å². The van der Waals surface area contributed by atoms with E-state index in [1.54, 1.807) is 0 Å². The zero-order chi connectivity index (χ0) is 16.2. The van der Waals surface area contributed by atoms with E-state index in [1.165, 1.54) is 0 Å². The lowest BCUT2D eigenvalue weighted by Gasteiger charge is -2.01. The second-order valence-corrected chi connectivity index (χ2v) is 6.42. The van der Waals surface area contributed by atoms with Gasteiger partial charge in [-0.1, -0.05) is 0 Å². The molecule has 0 saturated heterocycles. The first-order valence-corrected chi connectivity index (χ1v) is 8.70. The first-order chi connectivity index (χ1) is 11.8. The van der Waals surface area contributed by atoms with Gasteiger partial charge in [0.2, 0.25) is 19.0 Å². The Morgan fingerprint density at radius 1 is 0.583 bits per heavy atom. The van der Waals surface area contributed by atoms with Crippen LogP contribution in [0, 0.1) is 0 Å². The van der Waals surface area contributed by atoms with Gasteiger partial charge in [-0.3, -0.25) is 0 Å². The van der Waals surface area contributed by atoms with Gasteiger partial charge in [0, 0.05) is 13.1 Å². The molecule has 7 heteroatoms. The summed E-state index contributed by atoms with van der Waals surface area (Å²) >= 11 is 0. The van der Waals surface area contributed by atoms with E-state index < -0.39 is 0 Å². The van der Waals surface area contributed by atoms with E-state index in [-0.39, 0.29) is 0 Å². The topological polar surface area (TPSA) is 38.5 Å². The summed E-state index contributed by atoms with van der Waals surface area (Å²) in [5.74, 6) is 0. The van der Waals surface area contributed by atoms with Gasteiger partial charge in [-0.25, -0.2) is 27.4 Å². The lowest BCUT2D eigenvalue weighted by molar-refractivity contribution is -0.702. The van der Waals surface area contributed by atoms with E-state index in [4.69, 9.17) is 0 Å². The molecule has 0 spiro atoms. The zero-order valence-corrected chi connectivity index (χ0v) is 14.0. The molecular formula is C17H26N7+3. The number of rotatable bonds is 0. The van der Waals surface area contributed by atoms with Gasteiger partial charge < -0.3 is 5.32 Å². The summed E-state index contributed by atoms with van der Waals surface area (Å²) in [4.78, 5) is 0. The number of fused-ring (bicyclic) bond motifs is 6. The number of nitrogens with one attached hydrogen (secondary N) is 1. The van der Waals surface area contributed by atoms with E-state index in [0.717, 1.165) is 52.4 Å². The fourth-order valence-electron chi connectivity index (χ4n) is 3.11. The van der Waals surface area contributed by atoms with Gasteiger partial charge in [0.15, 0.2) is 0 Å². The SMILES string of the molecule is c1c[n+]2cn1CCn1cc[n+](c1)CCn1cc[n+](c1)CCNCC2. The smallest absolute Gasteiger partial charge is 0.244 e. The second kappa shape index (κ2) is 7.00. The molecule has 3 aromatic rings. The zero-order valence-electron chi connectivity index (χ0n) is 14.0. The van der Waals surface area contributed by atoms with Crippen molar-refractivity contribution in [2.75, 3.05) is 13.1 Å². The maximum Gasteiger partial charge on any atom is 0.244 e. The van der Waals surface area contributed by atoms with Gasteiger partial charge in [0.1, 0.15) is 76.4 Å². The number of imidazole rings is 3. The van der Waals surface area contributed by atoms with Gasteiger partial charge in [-0.15, -0.1) is 0 Å². The summed E-state index contributed by atoms with van der Waals surface area (Å²) in [5, 5.41) is 3.52. The van der Waals surface area contributed by atoms with Crippen molar-refractivity contribution in [3.8, 4) is 0 Å². The standard InChI is InChI=1S/C17H26N7/c1-3-19-5-7-21(15-19)9-11-23-13-14-24(17-23)12-10-22-8-6-20(16-22)4-2-18-1/h5-8,13-18H,1-4,9-12H2/q+3. The number of hydrogen-bond donors (Lipinski definition) is 1. The van der Waals surface area contributed by atoms with E-state index in [0.29, 0.717) is 0 Å².